The number of rotatable bonds is 1. The lowest BCUT2D eigenvalue weighted by atomic mass is 10.1. The largest absolute Gasteiger partial charge is 0.269 e. The van der Waals surface area contributed by atoms with Crippen LogP contribution in [0, 0.1) is 13.8 Å². The lowest BCUT2D eigenvalue weighted by Gasteiger charge is -2.06. The van der Waals surface area contributed by atoms with Crippen LogP contribution in [0.5, 0.6) is 0 Å². The average molecular weight is 302 g/mol. The molecular weight excluding hydrogens is 284 g/mol. The highest BCUT2D eigenvalue weighted by molar-refractivity contribution is 5.84. The van der Waals surface area contributed by atoms with Crippen molar-refractivity contribution in [2.24, 2.45) is 0 Å². The van der Waals surface area contributed by atoms with Gasteiger partial charge in [0.25, 0.3) is 5.56 Å². The molecule has 114 valence electrons. The molecule has 2 heterocycles. The Morgan fingerprint density at radius 2 is 1.74 bits per heavy atom. The van der Waals surface area contributed by atoms with E-state index in [1.54, 1.807) is 4.40 Å². The zero-order valence-electron chi connectivity index (χ0n) is 13.3. The summed E-state index contributed by atoms with van der Waals surface area (Å²) in [6.07, 6.45) is 5.67. The molecule has 4 rings (SSSR count). The van der Waals surface area contributed by atoms with Gasteiger partial charge in [-0.2, -0.15) is 0 Å². The van der Waals surface area contributed by atoms with Crippen LogP contribution in [0.1, 0.15) is 34.4 Å². The molecule has 0 radical (unpaired) electrons. The maximum absolute atomic E-state index is 12.7. The SMILES string of the molecule is Cc1ccc(C=C2CCc3c2nc2ccc(C)cn2c3=O)cc1. The Labute approximate surface area is 134 Å². The van der Waals surface area contributed by atoms with Crippen molar-refractivity contribution in [3.63, 3.8) is 0 Å². The van der Waals surface area contributed by atoms with Crippen molar-refractivity contribution in [3.8, 4) is 0 Å². The van der Waals surface area contributed by atoms with Crippen LogP contribution >= 0.6 is 0 Å². The molecule has 0 fully saturated rings. The normalized spacial score (nSPS) is 15.3. The van der Waals surface area contributed by atoms with Crippen molar-refractivity contribution < 1.29 is 0 Å². The lowest BCUT2D eigenvalue weighted by Crippen LogP contribution is -2.19. The Bertz CT molecular complexity index is 995. The van der Waals surface area contributed by atoms with Gasteiger partial charge >= 0.3 is 0 Å². The van der Waals surface area contributed by atoms with E-state index >= 15 is 0 Å². The van der Waals surface area contributed by atoms with Gasteiger partial charge in [-0.15, -0.1) is 0 Å². The Hall–Kier alpha value is -2.68. The summed E-state index contributed by atoms with van der Waals surface area (Å²) in [4.78, 5) is 17.5. The number of nitrogens with zero attached hydrogens (tertiary/aromatic N) is 2. The molecule has 3 heteroatoms. The molecule has 0 spiro atoms. The van der Waals surface area contributed by atoms with E-state index in [4.69, 9.17) is 4.98 Å². The second kappa shape index (κ2) is 5.20. The number of allylic oxidation sites excluding steroid dienone is 1. The average Bonchev–Trinajstić information content (AvgIpc) is 2.94. The molecular formula is C20H18N2O. The van der Waals surface area contributed by atoms with Crippen molar-refractivity contribution in [1.29, 1.82) is 0 Å². The fraction of sp³-hybridized carbons (Fsp3) is 0.200. The van der Waals surface area contributed by atoms with Gasteiger partial charge in [0.05, 0.1) is 5.69 Å². The molecule has 3 nitrogen and oxygen atoms in total. The molecule has 1 aromatic carbocycles. The van der Waals surface area contributed by atoms with Gasteiger partial charge in [0.2, 0.25) is 0 Å². The molecule has 0 bridgehead atoms. The van der Waals surface area contributed by atoms with Gasteiger partial charge in [-0.1, -0.05) is 35.9 Å². The summed E-state index contributed by atoms with van der Waals surface area (Å²) in [6, 6.07) is 12.3. The third-order valence-electron chi connectivity index (χ3n) is 4.43. The molecule has 0 N–H and O–H groups in total. The minimum atomic E-state index is 0.0704. The highest BCUT2D eigenvalue weighted by Crippen LogP contribution is 2.30. The smallest absolute Gasteiger partial charge is 0.261 e. The van der Waals surface area contributed by atoms with Crippen LogP contribution in [-0.2, 0) is 6.42 Å². The quantitative estimate of drug-likeness (QED) is 0.685. The highest BCUT2D eigenvalue weighted by atomic mass is 16.1. The minimum Gasteiger partial charge on any atom is -0.269 e. The second-order valence-corrected chi connectivity index (χ2v) is 6.26. The maximum atomic E-state index is 12.7. The zero-order valence-corrected chi connectivity index (χ0v) is 13.3. The van der Waals surface area contributed by atoms with Crippen LogP contribution in [0.3, 0.4) is 0 Å². The number of aryl methyl sites for hydroxylation is 2. The first-order chi connectivity index (χ1) is 11.1. The molecule has 3 aromatic rings. The maximum Gasteiger partial charge on any atom is 0.261 e. The van der Waals surface area contributed by atoms with Crippen molar-refractivity contribution in [2.75, 3.05) is 0 Å². The van der Waals surface area contributed by atoms with E-state index in [9.17, 15) is 4.79 Å². The Balaban J connectivity index is 1.88. The summed E-state index contributed by atoms with van der Waals surface area (Å²) >= 11 is 0. The molecule has 23 heavy (non-hydrogen) atoms. The predicted molar refractivity (Wildman–Crippen MR) is 93.6 cm³/mol. The molecule has 2 aromatic heterocycles. The van der Waals surface area contributed by atoms with Gasteiger partial charge in [0.15, 0.2) is 0 Å². The molecule has 0 aliphatic heterocycles. The van der Waals surface area contributed by atoms with Crippen molar-refractivity contribution >= 4 is 17.3 Å². The summed E-state index contributed by atoms with van der Waals surface area (Å²) in [7, 11) is 0. The topological polar surface area (TPSA) is 34.4 Å². The first-order valence-electron chi connectivity index (χ1n) is 7.91. The van der Waals surface area contributed by atoms with Gasteiger partial charge < -0.3 is 0 Å². The molecule has 0 atom stereocenters. The molecule has 1 aliphatic carbocycles. The Morgan fingerprint density at radius 3 is 2.52 bits per heavy atom. The van der Waals surface area contributed by atoms with E-state index in [0.717, 1.165) is 46.4 Å². The fourth-order valence-corrected chi connectivity index (χ4v) is 3.16. The predicted octanol–water partition coefficient (Wildman–Crippen LogP) is 3.80. The van der Waals surface area contributed by atoms with Crippen LogP contribution in [0.4, 0.5) is 0 Å². The van der Waals surface area contributed by atoms with Gasteiger partial charge in [0, 0.05) is 11.8 Å². The van der Waals surface area contributed by atoms with Crippen LogP contribution in [0.25, 0.3) is 17.3 Å². The molecule has 1 aliphatic rings. The molecule has 0 unspecified atom stereocenters. The van der Waals surface area contributed by atoms with Crippen LogP contribution in [0.2, 0.25) is 0 Å². The Kier molecular flexibility index (Phi) is 3.15. The molecule has 0 saturated heterocycles. The van der Waals surface area contributed by atoms with Gasteiger partial charge in [-0.05, 0) is 55.5 Å². The van der Waals surface area contributed by atoms with E-state index < -0.39 is 0 Å². The first-order valence-corrected chi connectivity index (χ1v) is 7.91. The lowest BCUT2D eigenvalue weighted by molar-refractivity contribution is 0.965. The van der Waals surface area contributed by atoms with Crippen LogP contribution in [0.15, 0.2) is 47.4 Å². The van der Waals surface area contributed by atoms with Gasteiger partial charge in [-0.25, -0.2) is 4.98 Å². The number of hydrogen-bond acceptors (Lipinski definition) is 2. The fourth-order valence-electron chi connectivity index (χ4n) is 3.16. The second-order valence-electron chi connectivity index (χ2n) is 6.26. The third kappa shape index (κ3) is 2.38. The number of pyridine rings is 1. The van der Waals surface area contributed by atoms with E-state index in [0.29, 0.717) is 0 Å². The van der Waals surface area contributed by atoms with E-state index in [-0.39, 0.29) is 5.56 Å². The van der Waals surface area contributed by atoms with Crippen LogP contribution < -0.4 is 5.56 Å². The number of aromatic nitrogens is 2. The van der Waals surface area contributed by atoms with Crippen molar-refractivity contribution in [3.05, 3.63) is 80.9 Å². The summed E-state index contributed by atoms with van der Waals surface area (Å²) < 4.78 is 1.67. The Morgan fingerprint density at radius 1 is 1.00 bits per heavy atom. The molecule has 0 amide bonds. The van der Waals surface area contributed by atoms with Crippen molar-refractivity contribution in [2.45, 2.75) is 26.7 Å². The third-order valence-corrected chi connectivity index (χ3v) is 4.43. The highest BCUT2D eigenvalue weighted by Gasteiger charge is 2.22. The zero-order chi connectivity index (χ0) is 16.0. The summed E-state index contributed by atoms with van der Waals surface area (Å²) in [5.41, 5.74) is 7.13. The summed E-state index contributed by atoms with van der Waals surface area (Å²) in [5, 5.41) is 0. The standard InChI is InChI=1S/C20H18N2O/c1-13-3-6-15(7-4-13)11-16-8-9-17-19(16)21-18-10-5-14(2)12-22(18)20(17)23/h3-7,10-12H,8-9H2,1-2H3. The molecule has 0 saturated carbocycles. The van der Waals surface area contributed by atoms with E-state index in [2.05, 4.69) is 37.3 Å². The van der Waals surface area contributed by atoms with Gasteiger partial charge in [-0.3, -0.25) is 9.20 Å². The number of benzene rings is 1. The summed E-state index contributed by atoms with van der Waals surface area (Å²) in [5.74, 6) is 0. The summed E-state index contributed by atoms with van der Waals surface area (Å²) in [6.45, 7) is 4.07. The van der Waals surface area contributed by atoms with E-state index in [1.165, 1.54) is 5.56 Å². The van der Waals surface area contributed by atoms with Gasteiger partial charge in [0.1, 0.15) is 5.65 Å². The number of hydrogen-bond donors (Lipinski definition) is 0. The number of fused-ring (bicyclic) bond motifs is 2. The van der Waals surface area contributed by atoms with E-state index in [1.807, 2.05) is 25.3 Å². The first kappa shape index (κ1) is 13.9. The monoisotopic (exact) mass is 302 g/mol. The van der Waals surface area contributed by atoms with Crippen LogP contribution in [-0.4, -0.2) is 9.38 Å². The minimum absolute atomic E-state index is 0.0704. The van der Waals surface area contributed by atoms with Crippen molar-refractivity contribution in [1.82, 2.24) is 9.38 Å².